The van der Waals surface area contributed by atoms with Crippen LogP contribution in [0.5, 0.6) is 0 Å². The Bertz CT molecular complexity index is 478. The Morgan fingerprint density at radius 3 is 2.58 bits per heavy atom. The average molecular weight is 303 g/mol. The summed E-state index contributed by atoms with van der Waals surface area (Å²) in [7, 11) is 0. The second kappa shape index (κ2) is 7.36. The first-order valence-electron chi connectivity index (χ1n) is 5.96. The number of amides is 2. The van der Waals surface area contributed by atoms with E-state index in [1.165, 1.54) is 12.1 Å². The molecule has 104 valence electrons. The Kier molecular flexibility index (Phi) is 6.12. The van der Waals surface area contributed by atoms with Crippen molar-refractivity contribution < 1.29 is 9.59 Å². The third-order valence-corrected chi connectivity index (χ3v) is 3.15. The minimum atomic E-state index is -0.402. The third-order valence-electron chi connectivity index (χ3n) is 2.61. The molecule has 2 N–H and O–H groups in total. The van der Waals surface area contributed by atoms with Crippen molar-refractivity contribution in [2.75, 3.05) is 6.54 Å². The van der Waals surface area contributed by atoms with Crippen LogP contribution in [0.3, 0.4) is 0 Å². The van der Waals surface area contributed by atoms with Gasteiger partial charge in [-0.25, -0.2) is 0 Å². The molecule has 0 aliphatic heterocycles. The zero-order valence-electron chi connectivity index (χ0n) is 10.8. The standard InChI is InChI=1S/C13H16Cl2N2O2/c1-3-8(2)17-12(18)7-16-13(19)10-5-4-9(14)6-11(10)15/h4-6,8H,3,7H2,1-2H3,(H,16,19)(H,17,18). The molecule has 1 atom stereocenters. The van der Waals surface area contributed by atoms with Crippen molar-refractivity contribution in [2.45, 2.75) is 26.3 Å². The summed E-state index contributed by atoms with van der Waals surface area (Å²) in [6, 6.07) is 4.66. The molecule has 0 aliphatic carbocycles. The van der Waals surface area contributed by atoms with Crippen LogP contribution in [0.25, 0.3) is 0 Å². The first-order chi connectivity index (χ1) is 8.93. The highest BCUT2D eigenvalue weighted by molar-refractivity contribution is 6.36. The van der Waals surface area contributed by atoms with Crippen LogP contribution in [0.2, 0.25) is 10.0 Å². The fourth-order valence-corrected chi connectivity index (χ4v) is 1.85. The average Bonchev–Trinajstić information content (AvgIpc) is 2.35. The molecule has 4 nitrogen and oxygen atoms in total. The Balaban J connectivity index is 2.54. The lowest BCUT2D eigenvalue weighted by atomic mass is 10.2. The van der Waals surface area contributed by atoms with Gasteiger partial charge >= 0.3 is 0 Å². The van der Waals surface area contributed by atoms with Gasteiger partial charge in [-0.2, -0.15) is 0 Å². The van der Waals surface area contributed by atoms with Crippen LogP contribution in [-0.2, 0) is 4.79 Å². The lowest BCUT2D eigenvalue weighted by molar-refractivity contribution is -0.120. The number of carbonyl (C=O) groups is 2. The summed E-state index contributed by atoms with van der Waals surface area (Å²) in [4.78, 5) is 23.3. The van der Waals surface area contributed by atoms with Crippen molar-refractivity contribution in [3.05, 3.63) is 33.8 Å². The topological polar surface area (TPSA) is 58.2 Å². The molecule has 0 saturated carbocycles. The minimum Gasteiger partial charge on any atom is -0.352 e. The number of carbonyl (C=O) groups excluding carboxylic acids is 2. The lowest BCUT2D eigenvalue weighted by Gasteiger charge is -2.12. The van der Waals surface area contributed by atoms with E-state index in [0.29, 0.717) is 10.6 Å². The molecule has 0 fully saturated rings. The van der Waals surface area contributed by atoms with Crippen LogP contribution in [0.15, 0.2) is 18.2 Å². The summed E-state index contributed by atoms with van der Waals surface area (Å²) in [5.41, 5.74) is 0.294. The highest BCUT2D eigenvalue weighted by Gasteiger charge is 2.12. The maximum atomic E-state index is 11.8. The van der Waals surface area contributed by atoms with E-state index in [1.54, 1.807) is 6.07 Å². The highest BCUT2D eigenvalue weighted by atomic mass is 35.5. The fraction of sp³-hybridized carbons (Fsp3) is 0.385. The first-order valence-corrected chi connectivity index (χ1v) is 6.72. The minimum absolute atomic E-state index is 0.0812. The van der Waals surface area contributed by atoms with E-state index in [2.05, 4.69) is 10.6 Å². The van der Waals surface area contributed by atoms with Crippen LogP contribution in [0.4, 0.5) is 0 Å². The Morgan fingerprint density at radius 1 is 1.32 bits per heavy atom. The largest absolute Gasteiger partial charge is 0.352 e. The molecule has 1 aromatic carbocycles. The van der Waals surface area contributed by atoms with E-state index in [0.717, 1.165) is 6.42 Å². The quantitative estimate of drug-likeness (QED) is 0.878. The van der Waals surface area contributed by atoms with Gasteiger partial charge in [0, 0.05) is 11.1 Å². The normalized spacial score (nSPS) is 11.8. The predicted molar refractivity (Wildman–Crippen MR) is 76.7 cm³/mol. The molecule has 1 rings (SSSR count). The van der Waals surface area contributed by atoms with Gasteiger partial charge in [-0.05, 0) is 31.5 Å². The summed E-state index contributed by atoms with van der Waals surface area (Å²) in [5.74, 6) is -0.631. The van der Waals surface area contributed by atoms with Gasteiger partial charge in [0.25, 0.3) is 5.91 Å². The number of benzene rings is 1. The Labute approximate surface area is 122 Å². The summed E-state index contributed by atoms with van der Waals surface area (Å²) >= 11 is 11.6. The van der Waals surface area contributed by atoms with Crippen molar-refractivity contribution in [1.82, 2.24) is 10.6 Å². The molecule has 1 unspecified atom stereocenters. The lowest BCUT2D eigenvalue weighted by Crippen LogP contribution is -2.40. The maximum Gasteiger partial charge on any atom is 0.253 e. The zero-order valence-corrected chi connectivity index (χ0v) is 12.3. The van der Waals surface area contributed by atoms with Gasteiger partial charge in [0.15, 0.2) is 0 Å². The summed E-state index contributed by atoms with van der Waals surface area (Å²) < 4.78 is 0. The molecular formula is C13H16Cl2N2O2. The van der Waals surface area contributed by atoms with Crippen molar-refractivity contribution in [3.8, 4) is 0 Å². The van der Waals surface area contributed by atoms with E-state index >= 15 is 0 Å². The third kappa shape index (κ3) is 5.09. The number of nitrogens with one attached hydrogen (secondary N) is 2. The van der Waals surface area contributed by atoms with E-state index in [1.807, 2.05) is 13.8 Å². The molecule has 0 bridgehead atoms. The zero-order chi connectivity index (χ0) is 14.4. The molecule has 19 heavy (non-hydrogen) atoms. The fourth-order valence-electron chi connectivity index (χ4n) is 1.36. The van der Waals surface area contributed by atoms with Crippen LogP contribution in [0.1, 0.15) is 30.6 Å². The van der Waals surface area contributed by atoms with Gasteiger partial charge in [0.1, 0.15) is 0 Å². The number of hydrogen-bond acceptors (Lipinski definition) is 2. The van der Waals surface area contributed by atoms with Gasteiger partial charge in [-0.15, -0.1) is 0 Å². The van der Waals surface area contributed by atoms with E-state index < -0.39 is 5.91 Å². The Hall–Kier alpha value is -1.26. The molecule has 0 aromatic heterocycles. The molecule has 0 aliphatic rings. The van der Waals surface area contributed by atoms with E-state index in [9.17, 15) is 9.59 Å². The monoisotopic (exact) mass is 302 g/mol. The van der Waals surface area contributed by atoms with Gasteiger partial charge in [-0.3, -0.25) is 9.59 Å². The SMILES string of the molecule is CCC(C)NC(=O)CNC(=O)c1ccc(Cl)cc1Cl. The van der Waals surface area contributed by atoms with E-state index in [-0.39, 0.29) is 23.5 Å². The molecule has 6 heteroatoms. The summed E-state index contributed by atoms with van der Waals surface area (Å²) in [5, 5.41) is 5.97. The second-order valence-electron chi connectivity index (χ2n) is 4.18. The number of rotatable bonds is 5. The summed E-state index contributed by atoms with van der Waals surface area (Å²) in [6.45, 7) is 3.79. The smallest absolute Gasteiger partial charge is 0.253 e. The molecule has 1 aromatic rings. The van der Waals surface area contributed by atoms with Crippen LogP contribution in [0, 0.1) is 0 Å². The summed E-state index contributed by atoms with van der Waals surface area (Å²) in [6.07, 6.45) is 0.836. The van der Waals surface area contributed by atoms with Crippen molar-refractivity contribution in [3.63, 3.8) is 0 Å². The Morgan fingerprint density at radius 2 is 2.00 bits per heavy atom. The number of halogens is 2. The van der Waals surface area contributed by atoms with Gasteiger partial charge < -0.3 is 10.6 Å². The molecule has 0 saturated heterocycles. The molecule has 0 spiro atoms. The van der Waals surface area contributed by atoms with Crippen molar-refractivity contribution >= 4 is 35.0 Å². The molecular weight excluding hydrogens is 287 g/mol. The van der Waals surface area contributed by atoms with Crippen molar-refractivity contribution in [2.24, 2.45) is 0 Å². The van der Waals surface area contributed by atoms with Gasteiger partial charge in [-0.1, -0.05) is 30.1 Å². The van der Waals surface area contributed by atoms with Crippen LogP contribution in [-0.4, -0.2) is 24.4 Å². The number of hydrogen-bond donors (Lipinski definition) is 2. The van der Waals surface area contributed by atoms with Crippen molar-refractivity contribution in [1.29, 1.82) is 0 Å². The predicted octanol–water partition coefficient (Wildman–Crippen LogP) is 2.64. The molecule has 2 amide bonds. The van der Waals surface area contributed by atoms with Crippen LogP contribution >= 0.6 is 23.2 Å². The van der Waals surface area contributed by atoms with E-state index in [4.69, 9.17) is 23.2 Å². The molecule has 0 radical (unpaired) electrons. The van der Waals surface area contributed by atoms with Crippen LogP contribution < -0.4 is 10.6 Å². The maximum absolute atomic E-state index is 11.8. The van der Waals surface area contributed by atoms with Gasteiger partial charge in [0.2, 0.25) is 5.91 Å². The highest BCUT2D eigenvalue weighted by Crippen LogP contribution is 2.20. The molecule has 0 heterocycles. The second-order valence-corrected chi connectivity index (χ2v) is 5.03. The van der Waals surface area contributed by atoms with Gasteiger partial charge in [0.05, 0.1) is 17.1 Å². The first kappa shape index (κ1) is 15.8.